The van der Waals surface area contributed by atoms with Gasteiger partial charge in [0.15, 0.2) is 5.41 Å². The van der Waals surface area contributed by atoms with Gasteiger partial charge in [-0.2, -0.15) is 5.26 Å². The van der Waals surface area contributed by atoms with Crippen LogP contribution >= 0.6 is 0 Å². The van der Waals surface area contributed by atoms with Crippen LogP contribution in [0.3, 0.4) is 0 Å². The van der Waals surface area contributed by atoms with Gasteiger partial charge in [-0.05, 0) is 26.7 Å². The Morgan fingerprint density at radius 3 is 2.50 bits per heavy atom. The summed E-state index contributed by atoms with van der Waals surface area (Å²) in [6.07, 6.45) is 1.15. The van der Waals surface area contributed by atoms with Gasteiger partial charge in [0.25, 0.3) is 0 Å². The van der Waals surface area contributed by atoms with E-state index in [1.165, 1.54) is 0 Å². The van der Waals surface area contributed by atoms with E-state index in [4.69, 9.17) is 10.00 Å². The standard InChI is InChI=1S/C11H17NO2/c1-5-9(3)7-11(4,8-12)10(13)14-6-2/h3,5-7H2,1-2,4H3. The molecule has 0 amide bonds. The van der Waals surface area contributed by atoms with Gasteiger partial charge in [-0.1, -0.05) is 19.1 Å². The topological polar surface area (TPSA) is 50.1 Å². The van der Waals surface area contributed by atoms with E-state index in [1.54, 1.807) is 13.8 Å². The number of esters is 1. The summed E-state index contributed by atoms with van der Waals surface area (Å²) >= 11 is 0. The molecule has 3 nitrogen and oxygen atoms in total. The average Bonchev–Trinajstić information content (AvgIpc) is 2.17. The van der Waals surface area contributed by atoms with Crippen molar-refractivity contribution < 1.29 is 9.53 Å². The molecule has 0 saturated carbocycles. The fourth-order valence-electron chi connectivity index (χ4n) is 1.07. The number of hydrogen-bond acceptors (Lipinski definition) is 3. The molecule has 14 heavy (non-hydrogen) atoms. The minimum atomic E-state index is -1.08. The third-order valence-corrected chi connectivity index (χ3v) is 2.08. The van der Waals surface area contributed by atoms with Gasteiger partial charge in [0, 0.05) is 0 Å². The van der Waals surface area contributed by atoms with Crippen LogP contribution in [0, 0.1) is 16.7 Å². The first-order valence-corrected chi connectivity index (χ1v) is 4.75. The maximum Gasteiger partial charge on any atom is 0.326 e. The van der Waals surface area contributed by atoms with Crippen LogP contribution in [0.2, 0.25) is 0 Å². The zero-order valence-electron chi connectivity index (χ0n) is 9.09. The zero-order valence-corrected chi connectivity index (χ0v) is 9.09. The minimum absolute atomic E-state index is 0.300. The third-order valence-electron chi connectivity index (χ3n) is 2.08. The van der Waals surface area contributed by atoms with Gasteiger partial charge in [-0.3, -0.25) is 4.79 Å². The monoisotopic (exact) mass is 195 g/mol. The Balaban J connectivity index is 4.56. The lowest BCUT2D eigenvalue weighted by Crippen LogP contribution is -2.28. The van der Waals surface area contributed by atoms with Crippen molar-refractivity contribution in [1.29, 1.82) is 5.26 Å². The van der Waals surface area contributed by atoms with Crippen molar-refractivity contribution in [2.24, 2.45) is 5.41 Å². The van der Waals surface area contributed by atoms with E-state index in [1.807, 2.05) is 13.0 Å². The molecule has 3 heteroatoms. The molecular weight excluding hydrogens is 178 g/mol. The quantitative estimate of drug-likeness (QED) is 0.500. The summed E-state index contributed by atoms with van der Waals surface area (Å²) in [6, 6.07) is 1.99. The van der Waals surface area contributed by atoms with Gasteiger partial charge >= 0.3 is 5.97 Å². The fourth-order valence-corrected chi connectivity index (χ4v) is 1.07. The summed E-state index contributed by atoms with van der Waals surface area (Å²) < 4.78 is 4.84. The molecule has 0 rings (SSSR count). The maximum atomic E-state index is 11.5. The average molecular weight is 195 g/mol. The molecule has 0 N–H and O–H groups in total. The number of carbonyl (C=O) groups excluding carboxylic acids is 1. The summed E-state index contributed by atoms with van der Waals surface area (Å²) in [4.78, 5) is 11.5. The maximum absolute atomic E-state index is 11.5. The fraction of sp³-hybridized carbons (Fsp3) is 0.636. The second kappa shape index (κ2) is 5.43. The molecule has 0 aliphatic heterocycles. The third kappa shape index (κ3) is 3.21. The van der Waals surface area contributed by atoms with Crippen molar-refractivity contribution in [1.82, 2.24) is 0 Å². The Morgan fingerprint density at radius 2 is 2.14 bits per heavy atom. The van der Waals surface area contributed by atoms with Crippen molar-refractivity contribution in [2.45, 2.75) is 33.6 Å². The van der Waals surface area contributed by atoms with Crippen molar-refractivity contribution in [2.75, 3.05) is 6.61 Å². The summed E-state index contributed by atoms with van der Waals surface area (Å²) in [7, 11) is 0. The van der Waals surface area contributed by atoms with Crippen LogP contribution in [0.25, 0.3) is 0 Å². The van der Waals surface area contributed by atoms with Gasteiger partial charge in [-0.15, -0.1) is 0 Å². The molecule has 0 saturated heterocycles. The van der Waals surface area contributed by atoms with E-state index < -0.39 is 11.4 Å². The second-order valence-corrected chi connectivity index (χ2v) is 3.44. The van der Waals surface area contributed by atoms with Gasteiger partial charge in [0.1, 0.15) is 0 Å². The second-order valence-electron chi connectivity index (χ2n) is 3.44. The van der Waals surface area contributed by atoms with E-state index in [9.17, 15) is 4.79 Å². The number of carbonyl (C=O) groups is 1. The van der Waals surface area contributed by atoms with E-state index in [0.717, 1.165) is 12.0 Å². The molecule has 0 fully saturated rings. The Hall–Kier alpha value is -1.30. The van der Waals surface area contributed by atoms with E-state index in [-0.39, 0.29) is 0 Å². The summed E-state index contributed by atoms with van der Waals surface area (Å²) in [5, 5.41) is 8.93. The largest absolute Gasteiger partial charge is 0.465 e. The molecule has 0 aromatic carbocycles. The number of allylic oxidation sites excluding steroid dienone is 1. The first-order chi connectivity index (χ1) is 6.50. The first kappa shape index (κ1) is 12.7. The molecule has 0 aliphatic rings. The van der Waals surface area contributed by atoms with Gasteiger partial charge in [0.2, 0.25) is 0 Å². The smallest absolute Gasteiger partial charge is 0.326 e. The molecule has 1 unspecified atom stereocenters. The number of nitriles is 1. The Bertz CT molecular complexity index is 265. The molecule has 0 aliphatic carbocycles. The van der Waals surface area contributed by atoms with Gasteiger partial charge in [-0.25, -0.2) is 0 Å². The SMILES string of the molecule is C=C(CC)CC(C)(C#N)C(=O)OCC. The molecule has 1 atom stereocenters. The number of nitrogens with zero attached hydrogens (tertiary/aromatic N) is 1. The van der Waals surface area contributed by atoms with Crippen LogP contribution in [-0.2, 0) is 9.53 Å². The van der Waals surface area contributed by atoms with E-state index in [0.29, 0.717) is 13.0 Å². The van der Waals surface area contributed by atoms with Crippen LogP contribution < -0.4 is 0 Å². The molecule has 78 valence electrons. The molecule has 0 aromatic heterocycles. The lowest BCUT2D eigenvalue weighted by molar-refractivity contribution is -0.151. The molecule has 0 bridgehead atoms. The molecule has 0 radical (unpaired) electrons. The number of ether oxygens (including phenoxy) is 1. The minimum Gasteiger partial charge on any atom is -0.465 e. The highest BCUT2D eigenvalue weighted by molar-refractivity contribution is 5.79. The Kier molecular flexibility index (Phi) is 4.93. The molecular formula is C11H17NO2. The summed E-state index contributed by atoms with van der Waals surface area (Å²) in [5.41, 5.74) is -0.189. The summed E-state index contributed by atoms with van der Waals surface area (Å²) in [5.74, 6) is -0.461. The predicted octanol–water partition coefficient (Wildman–Crippen LogP) is 2.44. The zero-order chi connectivity index (χ0) is 11.2. The first-order valence-electron chi connectivity index (χ1n) is 4.75. The highest BCUT2D eigenvalue weighted by Crippen LogP contribution is 2.27. The van der Waals surface area contributed by atoms with Crippen LogP contribution in [-0.4, -0.2) is 12.6 Å². The van der Waals surface area contributed by atoms with Gasteiger partial charge in [0.05, 0.1) is 12.7 Å². The number of hydrogen-bond donors (Lipinski definition) is 0. The van der Waals surface area contributed by atoms with Crippen molar-refractivity contribution in [3.05, 3.63) is 12.2 Å². The van der Waals surface area contributed by atoms with Crippen LogP contribution in [0.5, 0.6) is 0 Å². The van der Waals surface area contributed by atoms with Gasteiger partial charge < -0.3 is 4.74 Å². The highest BCUT2D eigenvalue weighted by Gasteiger charge is 2.35. The predicted molar refractivity (Wildman–Crippen MR) is 54.4 cm³/mol. The van der Waals surface area contributed by atoms with Crippen LogP contribution in [0.15, 0.2) is 12.2 Å². The summed E-state index contributed by atoms with van der Waals surface area (Å²) in [6.45, 7) is 9.36. The Labute approximate surface area is 85.4 Å². The van der Waals surface area contributed by atoms with E-state index >= 15 is 0 Å². The molecule has 0 heterocycles. The lowest BCUT2D eigenvalue weighted by atomic mass is 9.85. The molecule has 0 spiro atoms. The van der Waals surface area contributed by atoms with Crippen LogP contribution in [0.4, 0.5) is 0 Å². The van der Waals surface area contributed by atoms with Crippen molar-refractivity contribution in [3.63, 3.8) is 0 Å². The lowest BCUT2D eigenvalue weighted by Gasteiger charge is -2.19. The number of rotatable bonds is 5. The molecule has 0 aromatic rings. The van der Waals surface area contributed by atoms with E-state index in [2.05, 4.69) is 6.58 Å². The highest BCUT2D eigenvalue weighted by atomic mass is 16.5. The normalized spacial score (nSPS) is 13.9. The van der Waals surface area contributed by atoms with Crippen molar-refractivity contribution in [3.8, 4) is 6.07 Å². The van der Waals surface area contributed by atoms with Crippen LogP contribution in [0.1, 0.15) is 33.6 Å². The van der Waals surface area contributed by atoms with Crippen molar-refractivity contribution >= 4 is 5.97 Å². The Morgan fingerprint density at radius 1 is 1.57 bits per heavy atom.